The standard InChI is InChI=1S/C13H20N2OS/c1-13(2,3)12(16)14-8-7-11-15-9-5-4-6-10(9)17-11/h4-8H2,1-3H3,(H,14,16). The van der Waals surface area contributed by atoms with E-state index in [4.69, 9.17) is 0 Å². The smallest absolute Gasteiger partial charge is 0.225 e. The molecule has 1 aromatic rings. The molecule has 1 heterocycles. The van der Waals surface area contributed by atoms with Crippen molar-refractivity contribution in [3.8, 4) is 0 Å². The molecule has 1 N–H and O–H groups in total. The molecular weight excluding hydrogens is 232 g/mol. The Bertz CT molecular complexity index is 396. The van der Waals surface area contributed by atoms with Crippen molar-refractivity contribution in [2.75, 3.05) is 6.54 Å². The molecule has 0 atom stereocenters. The van der Waals surface area contributed by atoms with Crippen LogP contribution in [-0.4, -0.2) is 17.4 Å². The fourth-order valence-corrected chi connectivity index (χ4v) is 3.06. The fraction of sp³-hybridized carbons (Fsp3) is 0.692. The van der Waals surface area contributed by atoms with Crippen LogP contribution in [0.5, 0.6) is 0 Å². The topological polar surface area (TPSA) is 42.0 Å². The number of aryl methyl sites for hydroxylation is 2. The van der Waals surface area contributed by atoms with Crippen molar-refractivity contribution in [3.05, 3.63) is 15.6 Å². The van der Waals surface area contributed by atoms with Gasteiger partial charge in [-0.3, -0.25) is 4.79 Å². The molecule has 0 bridgehead atoms. The third-order valence-corrected chi connectivity index (χ3v) is 4.16. The largest absolute Gasteiger partial charge is 0.355 e. The van der Waals surface area contributed by atoms with Gasteiger partial charge >= 0.3 is 0 Å². The molecule has 0 aliphatic heterocycles. The fourth-order valence-electron chi connectivity index (χ4n) is 1.90. The molecule has 2 rings (SSSR count). The zero-order valence-corrected chi connectivity index (χ0v) is 11.6. The Labute approximate surface area is 107 Å². The number of carbonyl (C=O) groups excluding carboxylic acids is 1. The van der Waals surface area contributed by atoms with E-state index in [1.165, 1.54) is 28.4 Å². The van der Waals surface area contributed by atoms with Crippen LogP contribution in [0.25, 0.3) is 0 Å². The van der Waals surface area contributed by atoms with E-state index in [0.29, 0.717) is 6.54 Å². The Balaban J connectivity index is 1.81. The van der Waals surface area contributed by atoms with Crippen LogP contribution in [-0.2, 0) is 24.1 Å². The van der Waals surface area contributed by atoms with E-state index in [9.17, 15) is 4.79 Å². The molecule has 0 spiro atoms. The van der Waals surface area contributed by atoms with Gasteiger partial charge in [0.1, 0.15) is 0 Å². The average molecular weight is 252 g/mol. The Kier molecular flexibility index (Phi) is 3.52. The lowest BCUT2D eigenvalue weighted by Crippen LogP contribution is -2.35. The SMILES string of the molecule is CC(C)(C)C(=O)NCCc1nc2c(s1)CCC2. The zero-order chi connectivity index (χ0) is 12.5. The highest BCUT2D eigenvalue weighted by Gasteiger charge is 2.21. The Hall–Kier alpha value is -0.900. The van der Waals surface area contributed by atoms with E-state index < -0.39 is 0 Å². The highest BCUT2D eigenvalue weighted by atomic mass is 32.1. The van der Waals surface area contributed by atoms with E-state index in [0.717, 1.165) is 12.8 Å². The van der Waals surface area contributed by atoms with Gasteiger partial charge in [0.25, 0.3) is 0 Å². The molecule has 0 aromatic carbocycles. The molecule has 0 unspecified atom stereocenters. The van der Waals surface area contributed by atoms with Crippen molar-refractivity contribution in [2.45, 2.75) is 46.5 Å². The predicted octanol–water partition coefficient (Wildman–Crippen LogP) is 2.34. The third-order valence-electron chi connectivity index (χ3n) is 2.95. The predicted molar refractivity (Wildman–Crippen MR) is 70.3 cm³/mol. The molecule has 0 fully saturated rings. The maximum atomic E-state index is 11.7. The molecule has 0 saturated heterocycles. The summed E-state index contributed by atoms with van der Waals surface area (Å²) in [6, 6.07) is 0. The quantitative estimate of drug-likeness (QED) is 0.897. The van der Waals surface area contributed by atoms with E-state index in [1.54, 1.807) is 0 Å². The van der Waals surface area contributed by atoms with E-state index in [-0.39, 0.29) is 11.3 Å². The Morgan fingerprint density at radius 1 is 1.41 bits per heavy atom. The highest BCUT2D eigenvalue weighted by Crippen LogP contribution is 2.27. The zero-order valence-electron chi connectivity index (χ0n) is 10.8. The maximum absolute atomic E-state index is 11.7. The summed E-state index contributed by atoms with van der Waals surface area (Å²) in [4.78, 5) is 17.7. The lowest BCUT2D eigenvalue weighted by atomic mass is 9.96. The number of rotatable bonds is 3. The highest BCUT2D eigenvalue weighted by molar-refractivity contribution is 7.11. The monoisotopic (exact) mass is 252 g/mol. The molecule has 1 amide bonds. The summed E-state index contributed by atoms with van der Waals surface area (Å²) in [5, 5.41) is 4.13. The molecule has 94 valence electrons. The molecular formula is C13H20N2OS. The average Bonchev–Trinajstić information content (AvgIpc) is 2.75. The van der Waals surface area contributed by atoms with Crippen LogP contribution >= 0.6 is 11.3 Å². The first-order valence-electron chi connectivity index (χ1n) is 6.22. The summed E-state index contributed by atoms with van der Waals surface area (Å²) in [5.74, 6) is 0.113. The van der Waals surface area contributed by atoms with Crippen LogP contribution in [0.1, 0.15) is 42.8 Å². The van der Waals surface area contributed by atoms with Crippen LogP contribution in [0.15, 0.2) is 0 Å². The van der Waals surface area contributed by atoms with Gasteiger partial charge in [-0.15, -0.1) is 11.3 Å². The van der Waals surface area contributed by atoms with Crippen molar-refractivity contribution in [3.63, 3.8) is 0 Å². The number of amides is 1. The summed E-state index contributed by atoms with van der Waals surface area (Å²) >= 11 is 1.82. The summed E-state index contributed by atoms with van der Waals surface area (Å²) < 4.78 is 0. The number of carbonyl (C=O) groups is 1. The second-order valence-corrected chi connectivity index (χ2v) is 6.76. The van der Waals surface area contributed by atoms with Gasteiger partial charge in [0, 0.05) is 23.3 Å². The maximum Gasteiger partial charge on any atom is 0.225 e. The normalized spacial score (nSPS) is 14.8. The number of aromatic nitrogens is 1. The lowest BCUT2D eigenvalue weighted by Gasteiger charge is -2.17. The van der Waals surface area contributed by atoms with Gasteiger partial charge in [0.2, 0.25) is 5.91 Å². The van der Waals surface area contributed by atoms with Gasteiger partial charge in [-0.2, -0.15) is 0 Å². The number of hydrogen-bond acceptors (Lipinski definition) is 3. The van der Waals surface area contributed by atoms with Gasteiger partial charge in [-0.05, 0) is 19.3 Å². The van der Waals surface area contributed by atoms with Crippen molar-refractivity contribution < 1.29 is 4.79 Å². The van der Waals surface area contributed by atoms with Crippen LogP contribution in [0.3, 0.4) is 0 Å². The first-order chi connectivity index (χ1) is 7.97. The molecule has 1 aromatic heterocycles. The molecule has 1 aliphatic carbocycles. The van der Waals surface area contributed by atoms with Crippen molar-refractivity contribution >= 4 is 17.2 Å². The minimum atomic E-state index is -0.301. The van der Waals surface area contributed by atoms with Gasteiger partial charge in [0.15, 0.2) is 0 Å². The molecule has 3 nitrogen and oxygen atoms in total. The number of thiazole rings is 1. The Morgan fingerprint density at radius 2 is 2.18 bits per heavy atom. The minimum absolute atomic E-state index is 0.113. The van der Waals surface area contributed by atoms with Gasteiger partial charge in [0.05, 0.1) is 10.7 Å². The molecule has 17 heavy (non-hydrogen) atoms. The number of nitrogens with zero attached hydrogens (tertiary/aromatic N) is 1. The lowest BCUT2D eigenvalue weighted by molar-refractivity contribution is -0.128. The summed E-state index contributed by atoms with van der Waals surface area (Å²) in [7, 11) is 0. The number of hydrogen-bond donors (Lipinski definition) is 1. The van der Waals surface area contributed by atoms with Gasteiger partial charge in [-0.25, -0.2) is 4.98 Å². The molecule has 0 radical (unpaired) electrons. The van der Waals surface area contributed by atoms with Crippen molar-refractivity contribution in [2.24, 2.45) is 5.41 Å². The van der Waals surface area contributed by atoms with E-state index in [1.807, 2.05) is 32.1 Å². The third kappa shape index (κ3) is 3.06. The summed E-state index contributed by atoms with van der Waals surface area (Å²) in [5.41, 5.74) is 0.997. The second kappa shape index (κ2) is 4.77. The minimum Gasteiger partial charge on any atom is -0.355 e. The van der Waals surface area contributed by atoms with Gasteiger partial charge < -0.3 is 5.32 Å². The Morgan fingerprint density at radius 3 is 2.82 bits per heavy atom. The van der Waals surface area contributed by atoms with Gasteiger partial charge in [-0.1, -0.05) is 20.8 Å². The second-order valence-electron chi connectivity index (χ2n) is 5.59. The van der Waals surface area contributed by atoms with Crippen LogP contribution in [0.2, 0.25) is 0 Å². The van der Waals surface area contributed by atoms with E-state index >= 15 is 0 Å². The van der Waals surface area contributed by atoms with Crippen molar-refractivity contribution in [1.29, 1.82) is 0 Å². The first-order valence-corrected chi connectivity index (χ1v) is 7.04. The van der Waals surface area contributed by atoms with Crippen LogP contribution < -0.4 is 5.32 Å². The van der Waals surface area contributed by atoms with Crippen molar-refractivity contribution in [1.82, 2.24) is 10.3 Å². The molecule has 4 heteroatoms. The summed E-state index contributed by atoms with van der Waals surface area (Å²) in [6.45, 7) is 6.49. The van der Waals surface area contributed by atoms with Crippen LogP contribution in [0.4, 0.5) is 0 Å². The molecule has 0 saturated carbocycles. The van der Waals surface area contributed by atoms with Crippen LogP contribution in [0, 0.1) is 5.41 Å². The number of nitrogens with one attached hydrogen (secondary N) is 1. The first kappa shape index (κ1) is 12.6. The number of fused-ring (bicyclic) bond motifs is 1. The summed E-state index contributed by atoms with van der Waals surface area (Å²) in [6.07, 6.45) is 4.45. The molecule has 1 aliphatic rings. The van der Waals surface area contributed by atoms with E-state index in [2.05, 4.69) is 10.3 Å².